The number of hydrogen-bond acceptors (Lipinski definition) is 5. The smallest absolute Gasteiger partial charge is 0.248 e. The number of nitrogens with zero attached hydrogens (tertiary/aromatic N) is 2. The third-order valence-corrected chi connectivity index (χ3v) is 4.12. The quantitative estimate of drug-likeness (QED) is 0.799. The van der Waals surface area contributed by atoms with Crippen LogP contribution in [-0.2, 0) is 9.53 Å². The Bertz CT molecular complexity index is 834. The number of morpholine rings is 1. The Kier molecular flexibility index (Phi) is 6.45. The van der Waals surface area contributed by atoms with E-state index in [4.69, 9.17) is 14.7 Å². The Balaban J connectivity index is 1.62. The number of para-hydroxylation sites is 2. The van der Waals surface area contributed by atoms with Crippen LogP contribution in [0.1, 0.15) is 5.56 Å². The van der Waals surface area contributed by atoms with Gasteiger partial charge in [0.25, 0.3) is 0 Å². The fourth-order valence-electron chi connectivity index (χ4n) is 2.80. The van der Waals surface area contributed by atoms with Crippen molar-refractivity contribution in [1.29, 1.82) is 5.26 Å². The van der Waals surface area contributed by atoms with Crippen LogP contribution in [0.3, 0.4) is 0 Å². The summed E-state index contributed by atoms with van der Waals surface area (Å²) in [5, 5.41) is 11.5. The normalized spacial score (nSPS) is 14.0. The number of carbonyl (C=O) groups excluding carboxylic acids is 1. The van der Waals surface area contributed by atoms with Crippen molar-refractivity contribution in [2.45, 2.75) is 0 Å². The second-order valence-electron chi connectivity index (χ2n) is 5.95. The Morgan fingerprint density at radius 3 is 2.67 bits per heavy atom. The van der Waals surface area contributed by atoms with Crippen LogP contribution < -0.4 is 15.0 Å². The molecule has 6 nitrogen and oxygen atoms in total. The largest absolute Gasteiger partial charge is 0.479 e. The first-order valence-corrected chi connectivity index (χ1v) is 8.77. The van der Waals surface area contributed by atoms with Crippen molar-refractivity contribution in [3.05, 3.63) is 60.2 Å². The highest BCUT2D eigenvalue weighted by molar-refractivity contribution is 6.03. The highest BCUT2D eigenvalue weighted by atomic mass is 16.5. The van der Waals surface area contributed by atoms with E-state index in [9.17, 15) is 4.79 Å². The van der Waals surface area contributed by atoms with E-state index in [-0.39, 0.29) is 12.5 Å². The summed E-state index contributed by atoms with van der Waals surface area (Å²) in [5.74, 6) is 0.429. The summed E-state index contributed by atoms with van der Waals surface area (Å²) in [6.45, 7) is 3.01. The number of carbonyl (C=O) groups is 1. The van der Waals surface area contributed by atoms with E-state index in [0.717, 1.165) is 30.0 Å². The number of hydrogen-bond donors (Lipinski definition) is 1. The molecule has 0 spiro atoms. The van der Waals surface area contributed by atoms with E-state index in [2.05, 4.69) is 10.2 Å². The molecular weight excluding hydrogens is 342 g/mol. The maximum atomic E-state index is 12.3. The van der Waals surface area contributed by atoms with Gasteiger partial charge in [-0.15, -0.1) is 0 Å². The number of nitrogens with one attached hydrogen (secondary N) is 1. The molecule has 138 valence electrons. The second kappa shape index (κ2) is 9.41. The Morgan fingerprint density at radius 1 is 1.19 bits per heavy atom. The van der Waals surface area contributed by atoms with Crippen molar-refractivity contribution in [1.82, 2.24) is 0 Å². The van der Waals surface area contributed by atoms with E-state index in [1.807, 2.05) is 42.5 Å². The van der Waals surface area contributed by atoms with Gasteiger partial charge in [-0.25, -0.2) is 0 Å². The molecule has 2 aromatic rings. The van der Waals surface area contributed by atoms with Crippen LogP contribution in [-0.4, -0.2) is 38.8 Å². The standard InChI is InChI=1S/C21H21N3O3/c22-11-14-27-18-8-5-17(6-9-18)7-10-21(25)23-19-3-1-2-4-20(19)24-12-15-26-16-13-24/h1-10H,12-16H2,(H,23,25)/b10-7+. The SMILES string of the molecule is N#CCOc1ccc(/C=C/C(=O)Nc2ccccc2N2CCOCC2)cc1. The van der Waals surface area contributed by atoms with E-state index < -0.39 is 0 Å². The molecule has 0 unspecified atom stereocenters. The third-order valence-electron chi connectivity index (χ3n) is 4.12. The summed E-state index contributed by atoms with van der Waals surface area (Å²) in [7, 11) is 0. The fraction of sp³-hybridized carbons (Fsp3) is 0.238. The van der Waals surface area contributed by atoms with Gasteiger partial charge in [0, 0.05) is 19.2 Å². The molecule has 0 atom stereocenters. The minimum atomic E-state index is -0.194. The lowest BCUT2D eigenvalue weighted by Gasteiger charge is -2.30. The molecule has 1 saturated heterocycles. The lowest BCUT2D eigenvalue weighted by Crippen LogP contribution is -2.36. The Morgan fingerprint density at radius 2 is 1.93 bits per heavy atom. The molecule has 0 aromatic heterocycles. The van der Waals surface area contributed by atoms with Crippen LogP contribution in [0.4, 0.5) is 11.4 Å². The van der Waals surface area contributed by atoms with E-state index in [1.165, 1.54) is 6.08 Å². The van der Waals surface area contributed by atoms with Gasteiger partial charge in [0.2, 0.25) is 5.91 Å². The molecule has 1 heterocycles. The predicted molar refractivity (Wildman–Crippen MR) is 105 cm³/mol. The molecule has 0 saturated carbocycles. The summed E-state index contributed by atoms with van der Waals surface area (Å²) in [6.07, 6.45) is 3.24. The van der Waals surface area contributed by atoms with E-state index >= 15 is 0 Å². The van der Waals surface area contributed by atoms with Gasteiger partial charge in [-0.2, -0.15) is 5.26 Å². The van der Waals surface area contributed by atoms with Crippen molar-refractivity contribution in [2.24, 2.45) is 0 Å². The molecule has 1 amide bonds. The summed E-state index contributed by atoms with van der Waals surface area (Å²) in [6, 6.07) is 16.9. The van der Waals surface area contributed by atoms with Gasteiger partial charge >= 0.3 is 0 Å². The predicted octanol–water partition coefficient (Wildman–Crippen LogP) is 3.08. The number of anilines is 2. The maximum Gasteiger partial charge on any atom is 0.248 e. The van der Waals surface area contributed by atoms with E-state index in [0.29, 0.717) is 19.0 Å². The number of ether oxygens (including phenoxy) is 2. The van der Waals surface area contributed by atoms with Crippen LogP contribution in [0.5, 0.6) is 5.75 Å². The van der Waals surface area contributed by atoms with Crippen LogP contribution in [0.2, 0.25) is 0 Å². The third kappa shape index (κ3) is 5.33. The van der Waals surface area contributed by atoms with Gasteiger partial charge in [-0.3, -0.25) is 4.79 Å². The first kappa shape index (κ1) is 18.5. The molecule has 2 aromatic carbocycles. The lowest BCUT2D eigenvalue weighted by molar-refractivity contribution is -0.111. The molecule has 1 aliphatic heterocycles. The first-order chi connectivity index (χ1) is 13.3. The second-order valence-corrected chi connectivity index (χ2v) is 5.95. The molecule has 3 rings (SSSR count). The highest BCUT2D eigenvalue weighted by Gasteiger charge is 2.15. The van der Waals surface area contributed by atoms with E-state index in [1.54, 1.807) is 18.2 Å². The molecule has 6 heteroatoms. The Labute approximate surface area is 158 Å². The van der Waals surface area contributed by atoms with Crippen molar-refractivity contribution in [3.8, 4) is 11.8 Å². The first-order valence-electron chi connectivity index (χ1n) is 8.77. The zero-order valence-electron chi connectivity index (χ0n) is 14.9. The number of benzene rings is 2. The molecule has 0 aliphatic carbocycles. The summed E-state index contributed by atoms with van der Waals surface area (Å²) in [4.78, 5) is 14.5. The summed E-state index contributed by atoms with van der Waals surface area (Å²) < 4.78 is 10.6. The van der Waals surface area contributed by atoms with Crippen molar-refractivity contribution in [3.63, 3.8) is 0 Å². The van der Waals surface area contributed by atoms with Gasteiger partial charge in [-0.1, -0.05) is 24.3 Å². The Hall–Kier alpha value is -3.30. The maximum absolute atomic E-state index is 12.3. The van der Waals surface area contributed by atoms with Gasteiger partial charge in [-0.05, 0) is 35.9 Å². The molecule has 1 N–H and O–H groups in total. The number of amides is 1. The molecule has 0 radical (unpaired) electrons. The zero-order valence-corrected chi connectivity index (χ0v) is 14.9. The van der Waals surface area contributed by atoms with Crippen molar-refractivity contribution < 1.29 is 14.3 Å². The highest BCUT2D eigenvalue weighted by Crippen LogP contribution is 2.26. The van der Waals surface area contributed by atoms with Gasteiger partial charge < -0.3 is 19.7 Å². The van der Waals surface area contributed by atoms with Gasteiger partial charge in [0.15, 0.2) is 6.61 Å². The molecule has 0 bridgehead atoms. The molecule has 1 fully saturated rings. The number of rotatable bonds is 6. The van der Waals surface area contributed by atoms with Crippen molar-refractivity contribution in [2.75, 3.05) is 43.1 Å². The minimum absolute atomic E-state index is 0.0140. The molecular formula is C21H21N3O3. The molecule has 1 aliphatic rings. The van der Waals surface area contributed by atoms with Crippen LogP contribution >= 0.6 is 0 Å². The molecule has 27 heavy (non-hydrogen) atoms. The minimum Gasteiger partial charge on any atom is -0.479 e. The van der Waals surface area contributed by atoms with Crippen LogP contribution in [0, 0.1) is 11.3 Å². The van der Waals surface area contributed by atoms with Crippen LogP contribution in [0.15, 0.2) is 54.6 Å². The fourth-order valence-corrected chi connectivity index (χ4v) is 2.80. The van der Waals surface area contributed by atoms with Crippen molar-refractivity contribution >= 4 is 23.4 Å². The van der Waals surface area contributed by atoms with Gasteiger partial charge in [0.05, 0.1) is 24.6 Å². The van der Waals surface area contributed by atoms with Crippen LogP contribution in [0.25, 0.3) is 6.08 Å². The monoisotopic (exact) mass is 363 g/mol. The average molecular weight is 363 g/mol. The lowest BCUT2D eigenvalue weighted by atomic mass is 10.2. The summed E-state index contributed by atoms with van der Waals surface area (Å²) in [5.41, 5.74) is 2.66. The topological polar surface area (TPSA) is 74.6 Å². The average Bonchev–Trinajstić information content (AvgIpc) is 2.72. The number of nitriles is 1. The summed E-state index contributed by atoms with van der Waals surface area (Å²) >= 11 is 0. The van der Waals surface area contributed by atoms with Gasteiger partial charge in [0.1, 0.15) is 11.8 Å². The zero-order chi connectivity index (χ0) is 18.9.